The smallest absolute Gasteiger partial charge is 0.138 e. The van der Waals surface area contributed by atoms with Crippen LogP contribution in [0, 0.1) is 0 Å². The van der Waals surface area contributed by atoms with Gasteiger partial charge in [-0.15, -0.1) is 0 Å². The van der Waals surface area contributed by atoms with Gasteiger partial charge >= 0.3 is 0 Å². The Labute approximate surface area is 128 Å². The van der Waals surface area contributed by atoms with Crippen LogP contribution < -0.4 is 10.1 Å². The van der Waals surface area contributed by atoms with Crippen LogP contribution in [0.25, 0.3) is 0 Å². The number of hydrogen-bond acceptors (Lipinski definition) is 3. The molecule has 2 aromatic carbocycles. The standard InChI is InChI=1S/C15H15Cl2NO2/c1-2-20-15-6-4-11(8-13(15)17)18-9-10-3-5-14(19)12(16)7-10/h3-8,18-19H,2,9H2,1H3. The van der Waals surface area contributed by atoms with E-state index in [-0.39, 0.29) is 5.75 Å². The molecule has 0 aliphatic carbocycles. The summed E-state index contributed by atoms with van der Waals surface area (Å²) >= 11 is 12.0. The van der Waals surface area contributed by atoms with Gasteiger partial charge in [0.15, 0.2) is 0 Å². The van der Waals surface area contributed by atoms with E-state index < -0.39 is 0 Å². The average Bonchev–Trinajstić information content (AvgIpc) is 2.43. The first-order valence-electron chi connectivity index (χ1n) is 6.23. The van der Waals surface area contributed by atoms with Crippen LogP contribution >= 0.6 is 23.2 Å². The summed E-state index contributed by atoms with van der Waals surface area (Å²) in [7, 11) is 0. The lowest BCUT2D eigenvalue weighted by atomic mass is 10.2. The van der Waals surface area contributed by atoms with Gasteiger partial charge in [0, 0.05) is 12.2 Å². The molecule has 2 rings (SSSR count). The number of halogens is 2. The van der Waals surface area contributed by atoms with Crippen LogP contribution in [0.15, 0.2) is 36.4 Å². The molecule has 3 nitrogen and oxygen atoms in total. The van der Waals surface area contributed by atoms with E-state index in [0.29, 0.717) is 28.9 Å². The third kappa shape index (κ3) is 3.71. The summed E-state index contributed by atoms with van der Waals surface area (Å²) < 4.78 is 5.38. The topological polar surface area (TPSA) is 41.5 Å². The van der Waals surface area contributed by atoms with Gasteiger partial charge in [0.2, 0.25) is 0 Å². The SMILES string of the molecule is CCOc1ccc(NCc2ccc(O)c(Cl)c2)cc1Cl. The zero-order chi connectivity index (χ0) is 14.5. The lowest BCUT2D eigenvalue weighted by Gasteiger charge is -2.10. The van der Waals surface area contributed by atoms with Crippen LogP contribution in [0.5, 0.6) is 11.5 Å². The zero-order valence-electron chi connectivity index (χ0n) is 11.0. The van der Waals surface area contributed by atoms with E-state index in [1.165, 1.54) is 0 Å². The molecule has 0 radical (unpaired) electrons. The highest BCUT2D eigenvalue weighted by Crippen LogP contribution is 2.28. The highest BCUT2D eigenvalue weighted by Gasteiger charge is 2.03. The molecule has 5 heteroatoms. The summed E-state index contributed by atoms with van der Waals surface area (Å²) in [5, 5.41) is 13.5. The fraction of sp³-hybridized carbons (Fsp3) is 0.200. The largest absolute Gasteiger partial charge is 0.506 e. The van der Waals surface area contributed by atoms with Crippen molar-refractivity contribution in [2.75, 3.05) is 11.9 Å². The van der Waals surface area contributed by atoms with Gasteiger partial charge in [-0.2, -0.15) is 0 Å². The Balaban J connectivity index is 2.03. The van der Waals surface area contributed by atoms with Crippen LogP contribution in [0.1, 0.15) is 12.5 Å². The van der Waals surface area contributed by atoms with Crippen LogP contribution in [0.2, 0.25) is 10.0 Å². The normalized spacial score (nSPS) is 10.3. The van der Waals surface area contributed by atoms with Gasteiger partial charge in [0.05, 0.1) is 16.7 Å². The van der Waals surface area contributed by atoms with Gasteiger partial charge in [-0.3, -0.25) is 0 Å². The second kappa shape index (κ2) is 6.73. The molecule has 0 aliphatic heterocycles. The molecule has 2 aromatic rings. The van der Waals surface area contributed by atoms with E-state index in [0.717, 1.165) is 11.3 Å². The predicted molar refractivity (Wildman–Crippen MR) is 83.1 cm³/mol. The van der Waals surface area contributed by atoms with Crippen molar-refractivity contribution in [2.24, 2.45) is 0 Å². The fourth-order valence-corrected chi connectivity index (χ4v) is 2.19. The second-order valence-corrected chi connectivity index (χ2v) is 5.03. The molecule has 0 aromatic heterocycles. The molecule has 0 unspecified atom stereocenters. The number of ether oxygens (including phenoxy) is 1. The van der Waals surface area contributed by atoms with Crippen LogP contribution in [-0.2, 0) is 6.54 Å². The fourth-order valence-electron chi connectivity index (χ4n) is 1.75. The third-order valence-corrected chi connectivity index (χ3v) is 3.34. The van der Waals surface area contributed by atoms with Crippen molar-refractivity contribution < 1.29 is 9.84 Å². The number of benzene rings is 2. The summed E-state index contributed by atoms with van der Waals surface area (Å²) in [6.45, 7) is 3.08. The zero-order valence-corrected chi connectivity index (χ0v) is 12.5. The van der Waals surface area contributed by atoms with Gasteiger partial charge in [-0.05, 0) is 42.8 Å². The summed E-state index contributed by atoms with van der Waals surface area (Å²) in [4.78, 5) is 0. The first-order chi connectivity index (χ1) is 9.60. The summed E-state index contributed by atoms with van der Waals surface area (Å²) in [5.41, 5.74) is 1.86. The Hall–Kier alpha value is -1.58. The van der Waals surface area contributed by atoms with Gasteiger partial charge in [-0.1, -0.05) is 29.3 Å². The van der Waals surface area contributed by atoms with E-state index in [1.807, 2.05) is 31.2 Å². The number of hydrogen-bond donors (Lipinski definition) is 2. The Bertz CT molecular complexity index is 602. The van der Waals surface area contributed by atoms with Gasteiger partial charge < -0.3 is 15.2 Å². The molecular weight excluding hydrogens is 297 g/mol. The summed E-state index contributed by atoms with van der Waals surface area (Å²) in [5.74, 6) is 0.756. The van der Waals surface area contributed by atoms with Crippen molar-refractivity contribution in [3.63, 3.8) is 0 Å². The molecule has 0 fully saturated rings. The van der Waals surface area contributed by atoms with E-state index in [9.17, 15) is 5.11 Å². The molecule has 106 valence electrons. The van der Waals surface area contributed by atoms with Crippen molar-refractivity contribution in [1.82, 2.24) is 0 Å². The number of phenols is 1. The Kier molecular flexibility index (Phi) is 4.99. The highest BCUT2D eigenvalue weighted by atomic mass is 35.5. The van der Waals surface area contributed by atoms with Gasteiger partial charge in [0.25, 0.3) is 0 Å². The monoisotopic (exact) mass is 311 g/mol. The van der Waals surface area contributed by atoms with E-state index in [2.05, 4.69) is 5.32 Å². The maximum atomic E-state index is 9.36. The van der Waals surface area contributed by atoms with Crippen molar-refractivity contribution in [3.8, 4) is 11.5 Å². The maximum Gasteiger partial charge on any atom is 0.138 e. The number of phenolic OH excluding ortho intramolecular Hbond substituents is 1. The molecule has 2 N–H and O–H groups in total. The molecule has 20 heavy (non-hydrogen) atoms. The first-order valence-corrected chi connectivity index (χ1v) is 6.99. The van der Waals surface area contributed by atoms with Crippen molar-refractivity contribution in [2.45, 2.75) is 13.5 Å². The molecule has 0 amide bonds. The molecular formula is C15H15Cl2NO2. The molecule has 0 atom stereocenters. The molecule has 0 spiro atoms. The molecule has 0 aliphatic rings. The second-order valence-electron chi connectivity index (χ2n) is 4.22. The molecule has 0 saturated carbocycles. The van der Waals surface area contributed by atoms with Crippen molar-refractivity contribution >= 4 is 28.9 Å². The summed E-state index contributed by atoms with van der Waals surface area (Å²) in [6.07, 6.45) is 0. The minimum Gasteiger partial charge on any atom is -0.506 e. The van der Waals surface area contributed by atoms with E-state index in [1.54, 1.807) is 12.1 Å². The molecule has 0 heterocycles. The minimum atomic E-state index is 0.0829. The highest BCUT2D eigenvalue weighted by molar-refractivity contribution is 6.32. The predicted octanol–water partition coefficient (Wildman–Crippen LogP) is 4.71. The lowest BCUT2D eigenvalue weighted by Crippen LogP contribution is -2.00. The minimum absolute atomic E-state index is 0.0829. The Morgan fingerprint density at radius 3 is 2.55 bits per heavy atom. The number of aromatic hydroxyl groups is 1. The Morgan fingerprint density at radius 1 is 1.10 bits per heavy atom. The van der Waals surface area contributed by atoms with Crippen molar-refractivity contribution in [1.29, 1.82) is 0 Å². The summed E-state index contributed by atoms with van der Waals surface area (Å²) in [6, 6.07) is 10.7. The lowest BCUT2D eigenvalue weighted by molar-refractivity contribution is 0.340. The van der Waals surface area contributed by atoms with Crippen molar-refractivity contribution in [3.05, 3.63) is 52.0 Å². The van der Waals surface area contributed by atoms with Crippen LogP contribution in [0.4, 0.5) is 5.69 Å². The first kappa shape index (κ1) is 14.8. The van der Waals surface area contributed by atoms with E-state index >= 15 is 0 Å². The van der Waals surface area contributed by atoms with E-state index in [4.69, 9.17) is 27.9 Å². The van der Waals surface area contributed by atoms with Crippen LogP contribution in [0.3, 0.4) is 0 Å². The average molecular weight is 312 g/mol. The maximum absolute atomic E-state index is 9.36. The van der Waals surface area contributed by atoms with Crippen LogP contribution in [-0.4, -0.2) is 11.7 Å². The van der Waals surface area contributed by atoms with Gasteiger partial charge in [-0.25, -0.2) is 0 Å². The number of rotatable bonds is 5. The number of anilines is 1. The molecule has 0 bridgehead atoms. The third-order valence-electron chi connectivity index (χ3n) is 2.74. The van der Waals surface area contributed by atoms with Gasteiger partial charge in [0.1, 0.15) is 11.5 Å². The number of nitrogens with one attached hydrogen (secondary N) is 1. The molecule has 0 saturated heterocycles. The Morgan fingerprint density at radius 2 is 1.90 bits per heavy atom. The quantitative estimate of drug-likeness (QED) is 0.840.